The Morgan fingerprint density at radius 3 is 2.48 bits per heavy atom. The number of phenols is 1. The number of nitrogens with zero attached hydrogens (tertiary/aromatic N) is 6. The molecule has 1 N–H and O–H groups in total. The first kappa shape index (κ1) is 39.4. The molecule has 56 heavy (non-hydrogen) atoms. The Balaban J connectivity index is 1.41. The second kappa shape index (κ2) is 14.3. The number of fused-ring (bicyclic) bond motifs is 3. The summed E-state index contributed by atoms with van der Waals surface area (Å²) in [6.45, 7) is 19.1. The zero-order valence-corrected chi connectivity index (χ0v) is 35.3. The molecule has 5 heterocycles. The normalized spacial score (nSPS) is 15.1. The van der Waals surface area contributed by atoms with E-state index in [1.165, 1.54) is 17.4 Å². The van der Waals surface area contributed by atoms with Gasteiger partial charge in [-0.1, -0.05) is 20.8 Å². The van der Waals surface area contributed by atoms with Crippen LogP contribution in [0.4, 0.5) is 13.6 Å². The summed E-state index contributed by atoms with van der Waals surface area (Å²) in [5, 5.41) is 24.1. The third-order valence-corrected chi connectivity index (χ3v) is 16.2. The summed E-state index contributed by atoms with van der Waals surface area (Å²) in [7, 11) is -0.325. The number of halogens is 2. The first-order valence-corrected chi connectivity index (χ1v) is 22.4. The lowest BCUT2D eigenvalue weighted by molar-refractivity contribution is 0.0120. The molecule has 6 aromatic rings. The Bertz CT molecular complexity index is 2480. The van der Waals surface area contributed by atoms with Crippen LogP contribution in [0.2, 0.25) is 18.1 Å². The van der Waals surface area contributed by atoms with E-state index in [1.807, 2.05) is 56.0 Å². The van der Waals surface area contributed by atoms with E-state index in [-0.39, 0.29) is 35.3 Å². The largest absolute Gasteiger partial charge is 0.507 e. The van der Waals surface area contributed by atoms with E-state index >= 15 is 8.78 Å². The lowest BCUT2D eigenvalue weighted by atomic mass is 9.95. The van der Waals surface area contributed by atoms with Gasteiger partial charge in [-0.3, -0.25) is 14.3 Å². The van der Waals surface area contributed by atoms with E-state index in [1.54, 1.807) is 28.9 Å². The highest BCUT2D eigenvalue weighted by Crippen LogP contribution is 2.49. The Hall–Kier alpha value is -4.86. The van der Waals surface area contributed by atoms with Crippen LogP contribution in [0.25, 0.3) is 54.8 Å². The van der Waals surface area contributed by atoms with Crippen molar-refractivity contribution < 1.29 is 32.6 Å². The van der Waals surface area contributed by atoms with Crippen molar-refractivity contribution in [2.75, 3.05) is 19.8 Å². The highest BCUT2D eigenvalue weighted by atomic mass is 32.1. The molecule has 1 aliphatic heterocycles. The van der Waals surface area contributed by atoms with Gasteiger partial charge in [-0.25, -0.2) is 18.6 Å². The highest BCUT2D eigenvalue weighted by Gasteiger charge is 2.37. The molecular weight excluding hydrogens is 755 g/mol. The monoisotopic (exact) mass is 802 g/mol. The summed E-state index contributed by atoms with van der Waals surface area (Å²) in [6.07, 6.45) is 1.28. The van der Waals surface area contributed by atoms with Crippen LogP contribution in [0.15, 0.2) is 48.0 Å². The number of phenolic OH excluding ortho intramolecular Hbond substituents is 1. The summed E-state index contributed by atoms with van der Waals surface area (Å²) in [5.41, 5.74) is 2.80. The predicted molar refractivity (Wildman–Crippen MR) is 218 cm³/mol. The zero-order chi connectivity index (χ0) is 40.5. The van der Waals surface area contributed by atoms with E-state index in [4.69, 9.17) is 24.0 Å². The second-order valence-corrected chi connectivity index (χ2v) is 22.5. The van der Waals surface area contributed by atoms with E-state index < -0.39 is 37.7 Å². The molecule has 296 valence electrons. The minimum absolute atomic E-state index is 0.0000929. The first-order valence-electron chi connectivity index (χ1n) is 18.6. The van der Waals surface area contributed by atoms with E-state index in [0.717, 1.165) is 22.7 Å². The predicted octanol–water partition coefficient (Wildman–Crippen LogP) is 10.1. The van der Waals surface area contributed by atoms with Crippen molar-refractivity contribution in [3.05, 3.63) is 65.3 Å². The molecule has 0 aliphatic carbocycles. The average Bonchev–Trinajstić information content (AvgIpc) is 3.84. The van der Waals surface area contributed by atoms with Crippen molar-refractivity contribution in [1.29, 1.82) is 0 Å². The summed E-state index contributed by atoms with van der Waals surface area (Å²) in [6, 6.07) is 8.80. The van der Waals surface area contributed by atoms with E-state index in [2.05, 4.69) is 39.0 Å². The number of aromatic hydroxyl groups is 1. The summed E-state index contributed by atoms with van der Waals surface area (Å²) in [4.78, 5) is 20.1. The number of amides is 1. The highest BCUT2D eigenvalue weighted by molar-refractivity contribution is 7.18. The van der Waals surface area contributed by atoms with Crippen LogP contribution in [-0.4, -0.2) is 74.3 Å². The number of hydrogen-bond donors (Lipinski definition) is 1. The lowest BCUT2D eigenvalue weighted by Gasteiger charge is -2.36. The van der Waals surface area contributed by atoms with Gasteiger partial charge in [-0.05, 0) is 69.4 Å². The van der Waals surface area contributed by atoms with Gasteiger partial charge < -0.3 is 19.0 Å². The molecule has 0 saturated carbocycles. The van der Waals surface area contributed by atoms with Crippen LogP contribution < -0.4 is 4.74 Å². The SMILES string of the molecule is C[C@@H]1c2cc(-c3nc(-c4cc5cnn(C)c5cc4O)c4ccsc4c3-c3c(F)cc(F)cc3OCCO[Si](C)(C)C(C)(C)C)nn2CCN1C(=O)OC(C)(C)C. The van der Waals surface area contributed by atoms with Gasteiger partial charge >= 0.3 is 6.09 Å². The van der Waals surface area contributed by atoms with Gasteiger partial charge in [0.25, 0.3) is 0 Å². The molecule has 0 spiro atoms. The smallest absolute Gasteiger partial charge is 0.410 e. The molecular formula is C41H48F2N6O5SSi. The number of ether oxygens (including phenoxy) is 2. The van der Waals surface area contributed by atoms with Crippen LogP contribution in [0, 0.1) is 11.6 Å². The number of carbonyl (C=O) groups is 1. The van der Waals surface area contributed by atoms with Gasteiger partial charge in [0.2, 0.25) is 0 Å². The molecule has 1 amide bonds. The summed E-state index contributed by atoms with van der Waals surface area (Å²) in [5.74, 6) is -1.63. The first-order chi connectivity index (χ1) is 26.2. The molecule has 11 nitrogen and oxygen atoms in total. The number of thiophene rings is 1. The third-order valence-electron chi connectivity index (χ3n) is 10.7. The molecule has 0 saturated heterocycles. The van der Waals surface area contributed by atoms with Gasteiger partial charge in [0.15, 0.2) is 8.32 Å². The molecule has 0 radical (unpaired) electrons. The number of aryl methyl sites for hydroxylation is 1. The standard InChI is InChI=1S/C41H48F2N6O5SSi/c1-23-30-20-29(46-49(30)13-12-48(23)39(51)54-40(2,3)4)37-35(34-28(43)18-25(42)19-33(34)52-14-15-53-56(9,10)41(5,6)7)38-26(11-16-55-38)36(45-37)27-17-24-22-44-47(8)31(24)21-32(27)50/h11,16-23,50H,12-15H2,1-10H3/t23-/m1/s1. The molecule has 2 aromatic carbocycles. The maximum absolute atomic E-state index is 16.5. The van der Waals surface area contributed by atoms with Crippen LogP contribution in [0.3, 0.4) is 0 Å². The number of benzene rings is 2. The fraction of sp³-hybridized carbons (Fsp3) is 0.415. The Morgan fingerprint density at radius 2 is 1.77 bits per heavy atom. The van der Waals surface area contributed by atoms with Crippen LogP contribution in [0.1, 0.15) is 60.2 Å². The quantitative estimate of drug-likeness (QED) is 0.119. The molecule has 0 unspecified atom stereocenters. The average molecular weight is 803 g/mol. The maximum Gasteiger partial charge on any atom is 0.410 e. The molecule has 15 heteroatoms. The summed E-state index contributed by atoms with van der Waals surface area (Å²) >= 11 is 1.36. The Kier molecular flexibility index (Phi) is 10.0. The fourth-order valence-electron chi connectivity index (χ4n) is 6.79. The van der Waals surface area contributed by atoms with Gasteiger partial charge in [0.05, 0.1) is 47.9 Å². The van der Waals surface area contributed by atoms with Crippen molar-refractivity contribution in [3.63, 3.8) is 0 Å². The lowest BCUT2D eigenvalue weighted by Crippen LogP contribution is -2.43. The van der Waals surface area contributed by atoms with Gasteiger partial charge in [0, 0.05) is 58.4 Å². The molecule has 1 atom stereocenters. The summed E-state index contributed by atoms with van der Waals surface area (Å²) < 4.78 is 54.0. The van der Waals surface area contributed by atoms with Crippen LogP contribution >= 0.6 is 11.3 Å². The Labute approximate surface area is 329 Å². The van der Waals surface area contributed by atoms with Crippen molar-refractivity contribution in [1.82, 2.24) is 29.4 Å². The van der Waals surface area contributed by atoms with Gasteiger partial charge in [-0.15, -0.1) is 11.3 Å². The van der Waals surface area contributed by atoms with Crippen molar-refractivity contribution in [3.8, 4) is 45.3 Å². The number of pyridine rings is 1. The van der Waals surface area contributed by atoms with Gasteiger partial charge in [0.1, 0.15) is 46.7 Å². The number of carbonyl (C=O) groups excluding carboxylic acids is 1. The second-order valence-electron chi connectivity index (χ2n) is 16.8. The Morgan fingerprint density at radius 1 is 1.02 bits per heavy atom. The van der Waals surface area contributed by atoms with E-state index in [9.17, 15) is 9.90 Å². The van der Waals surface area contributed by atoms with Crippen molar-refractivity contribution in [2.24, 2.45) is 7.05 Å². The molecule has 4 aromatic heterocycles. The molecule has 0 fully saturated rings. The van der Waals surface area contributed by atoms with Crippen LogP contribution in [0.5, 0.6) is 11.5 Å². The number of rotatable bonds is 8. The fourth-order valence-corrected chi connectivity index (χ4v) is 8.76. The number of aromatic nitrogens is 5. The van der Waals surface area contributed by atoms with Crippen molar-refractivity contribution >= 4 is 46.7 Å². The molecule has 0 bridgehead atoms. The zero-order valence-electron chi connectivity index (χ0n) is 33.5. The van der Waals surface area contributed by atoms with Crippen molar-refractivity contribution in [2.45, 2.75) is 84.8 Å². The third kappa shape index (κ3) is 7.27. The maximum atomic E-state index is 16.5. The van der Waals surface area contributed by atoms with Gasteiger partial charge in [-0.2, -0.15) is 10.2 Å². The molecule has 7 rings (SSSR count). The minimum Gasteiger partial charge on any atom is -0.507 e. The van der Waals surface area contributed by atoms with Crippen LogP contribution in [-0.2, 0) is 22.8 Å². The number of hydrogen-bond acceptors (Lipinski definition) is 9. The molecule has 1 aliphatic rings. The minimum atomic E-state index is -2.12. The van der Waals surface area contributed by atoms with E-state index in [0.29, 0.717) is 51.4 Å². The topological polar surface area (TPSA) is 117 Å².